The molecule has 1 aliphatic heterocycles. The van der Waals surface area contributed by atoms with Gasteiger partial charge in [-0.1, -0.05) is 12.1 Å². The zero-order valence-corrected chi connectivity index (χ0v) is 7.33. The average Bonchev–Trinajstić information content (AvgIpc) is 2.19. The Kier molecular flexibility index (Phi) is 2.17. The van der Waals surface area contributed by atoms with Crippen LogP contribution in [0.1, 0.15) is 12.0 Å². The van der Waals surface area contributed by atoms with E-state index in [-0.39, 0.29) is 5.75 Å². The Hall–Kier alpha value is -1.51. The monoisotopic (exact) mass is 176 g/mol. The van der Waals surface area contributed by atoms with Gasteiger partial charge in [-0.05, 0) is 18.6 Å². The molecule has 1 aliphatic rings. The fourth-order valence-corrected chi connectivity index (χ4v) is 1.38. The largest absolute Gasteiger partial charge is 0.508 e. The van der Waals surface area contributed by atoms with E-state index < -0.39 is 0 Å². The number of phenols is 1. The minimum Gasteiger partial charge on any atom is -0.508 e. The lowest BCUT2D eigenvalue weighted by Gasteiger charge is -2.14. The second-order valence-corrected chi connectivity index (χ2v) is 3.06. The highest BCUT2D eigenvalue weighted by Gasteiger charge is 2.06. The summed E-state index contributed by atoms with van der Waals surface area (Å²) < 4.78 is 0. The van der Waals surface area contributed by atoms with Crippen molar-refractivity contribution in [2.24, 2.45) is 4.99 Å². The van der Waals surface area contributed by atoms with Gasteiger partial charge in [0.2, 0.25) is 0 Å². The maximum atomic E-state index is 9.26. The predicted molar refractivity (Wildman–Crippen MR) is 52.1 cm³/mol. The third-order valence-electron chi connectivity index (χ3n) is 2.02. The Morgan fingerprint density at radius 3 is 3.00 bits per heavy atom. The van der Waals surface area contributed by atoms with Crippen LogP contribution in [0.15, 0.2) is 29.3 Å². The highest BCUT2D eigenvalue weighted by Crippen LogP contribution is 2.11. The summed E-state index contributed by atoms with van der Waals surface area (Å²) in [5, 5.41) is 12.5. The topological polar surface area (TPSA) is 44.6 Å². The van der Waals surface area contributed by atoms with Gasteiger partial charge in [-0.15, -0.1) is 0 Å². The fourth-order valence-electron chi connectivity index (χ4n) is 1.38. The van der Waals surface area contributed by atoms with E-state index in [4.69, 9.17) is 0 Å². The summed E-state index contributed by atoms with van der Waals surface area (Å²) in [7, 11) is 0. The van der Waals surface area contributed by atoms with Gasteiger partial charge in [0.25, 0.3) is 0 Å². The van der Waals surface area contributed by atoms with E-state index in [1.54, 1.807) is 12.1 Å². The number of aliphatic imine (C=N–C) groups is 1. The van der Waals surface area contributed by atoms with Crippen LogP contribution in [0.25, 0.3) is 0 Å². The molecule has 0 amide bonds. The molecule has 0 spiro atoms. The van der Waals surface area contributed by atoms with Crippen LogP contribution in [0.3, 0.4) is 0 Å². The lowest BCUT2D eigenvalue weighted by atomic mass is 10.2. The summed E-state index contributed by atoms with van der Waals surface area (Å²) in [5.74, 6) is 1.18. The van der Waals surface area contributed by atoms with Crippen LogP contribution in [0, 0.1) is 0 Å². The quantitative estimate of drug-likeness (QED) is 0.673. The van der Waals surface area contributed by atoms with Crippen molar-refractivity contribution in [1.82, 2.24) is 5.32 Å². The van der Waals surface area contributed by atoms with Crippen molar-refractivity contribution in [3.63, 3.8) is 0 Å². The number of nitrogens with one attached hydrogen (secondary N) is 1. The Labute approximate surface area is 77.1 Å². The van der Waals surface area contributed by atoms with Gasteiger partial charge in [0, 0.05) is 18.7 Å². The normalized spacial score (nSPS) is 16.2. The SMILES string of the molecule is Oc1cccc(C2=NCCCN2)c1. The van der Waals surface area contributed by atoms with E-state index in [9.17, 15) is 5.11 Å². The number of benzene rings is 1. The lowest BCUT2D eigenvalue weighted by molar-refractivity contribution is 0.475. The van der Waals surface area contributed by atoms with Crippen LogP contribution >= 0.6 is 0 Å². The summed E-state index contributed by atoms with van der Waals surface area (Å²) in [5.41, 5.74) is 0.958. The first-order valence-corrected chi connectivity index (χ1v) is 4.44. The highest BCUT2D eigenvalue weighted by atomic mass is 16.3. The van der Waals surface area contributed by atoms with E-state index >= 15 is 0 Å². The molecule has 0 atom stereocenters. The smallest absolute Gasteiger partial charge is 0.128 e. The second-order valence-electron chi connectivity index (χ2n) is 3.06. The third-order valence-corrected chi connectivity index (χ3v) is 2.02. The van der Waals surface area contributed by atoms with Crippen LogP contribution in [-0.4, -0.2) is 24.0 Å². The molecule has 2 N–H and O–H groups in total. The highest BCUT2D eigenvalue weighted by molar-refractivity contribution is 5.99. The molecule has 2 rings (SSSR count). The van der Waals surface area contributed by atoms with E-state index in [0.29, 0.717) is 0 Å². The van der Waals surface area contributed by atoms with Crippen LogP contribution in [-0.2, 0) is 0 Å². The van der Waals surface area contributed by atoms with Gasteiger partial charge in [0.1, 0.15) is 11.6 Å². The van der Waals surface area contributed by atoms with Crippen molar-refractivity contribution < 1.29 is 5.11 Å². The molecule has 0 fully saturated rings. The summed E-state index contributed by atoms with van der Waals surface area (Å²) in [4.78, 5) is 4.34. The van der Waals surface area contributed by atoms with Gasteiger partial charge >= 0.3 is 0 Å². The van der Waals surface area contributed by atoms with E-state index in [2.05, 4.69) is 10.3 Å². The van der Waals surface area contributed by atoms with Crippen LogP contribution in [0.4, 0.5) is 0 Å². The van der Waals surface area contributed by atoms with Gasteiger partial charge in [-0.2, -0.15) is 0 Å². The molecule has 0 saturated carbocycles. The maximum absolute atomic E-state index is 9.26. The number of rotatable bonds is 1. The molecular weight excluding hydrogens is 164 g/mol. The summed E-state index contributed by atoms with van der Waals surface area (Å²) in [6.45, 7) is 1.84. The summed E-state index contributed by atoms with van der Waals surface area (Å²) in [6, 6.07) is 7.14. The standard InChI is InChI=1S/C10H12N2O/c13-9-4-1-3-8(7-9)10-11-5-2-6-12-10/h1,3-4,7,13H,2,5-6H2,(H,11,12). The fraction of sp³-hybridized carbons (Fsp3) is 0.300. The number of nitrogens with zero attached hydrogens (tertiary/aromatic N) is 1. The van der Waals surface area contributed by atoms with Gasteiger partial charge < -0.3 is 10.4 Å². The second kappa shape index (κ2) is 3.47. The van der Waals surface area contributed by atoms with Crippen LogP contribution < -0.4 is 5.32 Å². The first-order chi connectivity index (χ1) is 6.36. The number of aromatic hydroxyl groups is 1. The van der Waals surface area contributed by atoms with E-state index in [1.165, 1.54) is 0 Å². The van der Waals surface area contributed by atoms with Crippen LogP contribution in [0.5, 0.6) is 5.75 Å². The molecule has 0 saturated heterocycles. The van der Waals surface area contributed by atoms with Crippen molar-refractivity contribution >= 4 is 5.84 Å². The average molecular weight is 176 g/mol. The maximum Gasteiger partial charge on any atom is 0.128 e. The predicted octanol–water partition coefficient (Wildman–Crippen LogP) is 1.13. The van der Waals surface area contributed by atoms with Gasteiger partial charge in [-0.25, -0.2) is 0 Å². The van der Waals surface area contributed by atoms with Crippen molar-refractivity contribution in [2.45, 2.75) is 6.42 Å². The lowest BCUT2D eigenvalue weighted by Crippen LogP contribution is -2.29. The Bertz CT molecular complexity index is 333. The van der Waals surface area contributed by atoms with Crippen molar-refractivity contribution in [2.75, 3.05) is 13.1 Å². The van der Waals surface area contributed by atoms with E-state index in [0.717, 1.165) is 30.9 Å². The van der Waals surface area contributed by atoms with Crippen LogP contribution in [0.2, 0.25) is 0 Å². The molecule has 1 aromatic rings. The number of hydrogen-bond donors (Lipinski definition) is 2. The number of hydrogen-bond acceptors (Lipinski definition) is 3. The molecule has 3 nitrogen and oxygen atoms in total. The summed E-state index contributed by atoms with van der Waals surface area (Å²) in [6.07, 6.45) is 1.09. The molecule has 0 aliphatic carbocycles. The number of amidine groups is 1. The molecule has 0 unspecified atom stereocenters. The zero-order valence-electron chi connectivity index (χ0n) is 7.33. The Morgan fingerprint density at radius 1 is 1.38 bits per heavy atom. The molecule has 0 bridgehead atoms. The molecule has 1 aromatic carbocycles. The van der Waals surface area contributed by atoms with E-state index in [1.807, 2.05) is 12.1 Å². The van der Waals surface area contributed by atoms with Gasteiger partial charge in [-0.3, -0.25) is 4.99 Å². The first kappa shape index (κ1) is 8.10. The minimum atomic E-state index is 0.285. The third kappa shape index (κ3) is 1.80. The molecule has 0 aromatic heterocycles. The minimum absolute atomic E-state index is 0.285. The molecular formula is C10H12N2O. The Morgan fingerprint density at radius 2 is 2.31 bits per heavy atom. The van der Waals surface area contributed by atoms with Gasteiger partial charge in [0.15, 0.2) is 0 Å². The molecule has 68 valence electrons. The number of phenolic OH excluding ortho intramolecular Hbond substituents is 1. The first-order valence-electron chi connectivity index (χ1n) is 4.44. The Balaban J connectivity index is 2.29. The van der Waals surface area contributed by atoms with Crippen molar-refractivity contribution in [3.8, 4) is 5.75 Å². The van der Waals surface area contributed by atoms with Crippen molar-refractivity contribution in [3.05, 3.63) is 29.8 Å². The molecule has 0 radical (unpaired) electrons. The van der Waals surface area contributed by atoms with Crippen molar-refractivity contribution in [1.29, 1.82) is 0 Å². The zero-order chi connectivity index (χ0) is 9.10. The van der Waals surface area contributed by atoms with Gasteiger partial charge in [0.05, 0.1) is 0 Å². The molecule has 3 heteroatoms. The molecule has 13 heavy (non-hydrogen) atoms. The summed E-state index contributed by atoms with van der Waals surface area (Å²) >= 11 is 0. The molecule has 1 heterocycles.